The van der Waals surface area contributed by atoms with Crippen molar-refractivity contribution < 1.29 is 34.4 Å². The van der Waals surface area contributed by atoms with E-state index in [9.17, 15) is 24.9 Å². The van der Waals surface area contributed by atoms with Crippen LogP contribution in [-0.4, -0.2) is 93.8 Å². The van der Waals surface area contributed by atoms with E-state index >= 15 is 0 Å². The second-order valence-corrected chi connectivity index (χ2v) is 22.5. The summed E-state index contributed by atoms with van der Waals surface area (Å²) < 4.78 is 11.6. The predicted octanol–water partition coefficient (Wildman–Crippen LogP) is 7.98. The lowest BCUT2D eigenvalue weighted by Gasteiger charge is -2.70. The summed E-state index contributed by atoms with van der Waals surface area (Å²) in [5.41, 5.74) is 6.78. The first kappa shape index (κ1) is 43.3. The number of hydrogen-bond acceptors (Lipinski definition) is 9. The number of aryl methyl sites for hydroxylation is 1. The molecular formula is C52H72N2O7. The van der Waals surface area contributed by atoms with Gasteiger partial charge in [-0.2, -0.15) is 0 Å². The molecule has 8 aliphatic rings. The summed E-state index contributed by atoms with van der Waals surface area (Å²) in [5.74, 6) is 0.277. The number of ketones is 2. The van der Waals surface area contributed by atoms with Gasteiger partial charge in [0.05, 0.1) is 29.6 Å². The zero-order valence-electron chi connectivity index (χ0n) is 38.4. The van der Waals surface area contributed by atoms with Gasteiger partial charge in [0.15, 0.2) is 5.78 Å². The minimum Gasteiger partial charge on any atom is -0.396 e. The van der Waals surface area contributed by atoms with Gasteiger partial charge in [0.2, 0.25) is 0 Å². The summed E-state index contributed by atoms with van der Waals surface area (Å²) in [6.07, 6.45) is 9.24. The van der Waals surface area contributed by atoms with Crippen LogP contribution in [0.15, 0.2) is 57.9 Å². The SMILES string of the molecule is Cc1cc(CC2=C(CCO)N(CC3C4=C(C(C)CC(O)C5OC5(C)C)C(=O)CC4(C)C4(C)CCC5C(C)(C)C(=O)CCC5(C)C4C3O)C3C=CN=C23)cc(C2CCOCC2)c1. The Balaban J connectivity index is 1.15. The van der Waals surface area contributed by atoms with Gasteiger partial charge in [-0.25, -0.2) is 0 Å². The Kier molecular flexibility index (Phi) is 10.7. The maximum atomic E-state index is 14.9. The maximum absolute atomic E-state index is 14.9. The third-order valence-corrected chi connectivity index (χ3v) is 18.3. The van der Waals surface area contributed by atoms with Gasteiger partial charge in [-0.1, -0.05) is 65.3 Å². The van der Waals surface area contributed by atoms with Gasteiger partial charge >= 0.3 is 0 Å². The molecule has 4 aliphatic carbocycles. The zero-order chi connectivity index (χ0) is 43.6. The van der Waals surface area contributed by atoms with Crippen molar-refractivity contribution in [2.45, 2.75) is 162 Å². The molecule has 1 aromatic rings. The molecule has 11 atom stereocenters. The Morgan fingerprint density at radius 1 is 1.00 bits per heavy atom. The maximum Gasteiger partial charge on any atom is 0.160 e. The van der Waals surface area contributed by atoms with Crippen LogP contribution < -0.4 is 0 Å². The molecular weight excluding hydrogens is 765 g/mol. The molecule has 1 aromatic carbocycles. The summed E-state index contributed by atoms with van der Waals surface area (Å²) in [4.78, 5) is 35.9. The van der Waals surface area contributed by atoms with Crippen molar-refractivity contribution in [1.29, 1.82) is 0 Å². The number of aliphatic hydroxyl groups is 3. The molecule has 0 aromatic heterocycles. The fourth-order valence-corrected chi connectivity index (χ4v) is 15.2. The number of nitrogens with zero attached hydrogens (tertiary/aromatic N) is 2. The second kappa shape index (κ2) is 15.1. The lowest BCUT2D eigenvalue weighted by Crippen LogP contribution is -2.68. The van der Waals surface area contributed by atoms with Crippen LogP contribution in [0.5, 0.6) is 0 Å². The third kappa shape index (κ3) is 6.67. The number of rotatable bonds is 11. The highest BCUT2D eigenvalue weighted by molar-refractivity contribution is 6.10. The molecule has 3 N–H and O–H groups in total. The van der Waals surface area contributed by atoms with Crippen molar-refractivity contribution in [2.24, 2.45) is 50.3 Å². The highest BCUT2D eigenvalue weighted by Gasteiger charge is 2.72. The zero-order valence-corrected chi connectivity index (χ0v) is 38.4. The normalized spacial score (nSPS) is 38.6. The molecule has 4 aliphatic heterocycles. The molecule has 11 unspecified atom stereocenters. The van der Waals surface area contributed by atoms with Crippen molar-refractivity contribution in [3.63, 3.8) is 0 Å². The summed E-state index contributed by atoms with van der Waals surface area (Å²) in [5, 5.41) is 35.7. The van der Waals surface area contributed by atoms with Crippen molar-refractivity contribution in [1.82, 2.24) is 4.90 Å². The minimum absolute atomic E-state index is 0.0182. The summed E-state index contributed by atoms with van der Waals surface area (Å²) in [6, 6.07) is 6.83. The smallest absolute Gasteiger partial charge is 0.160 e. The number of aliphatic imine (C=N–C) groups is 1. The average molecular weight is 837 g/mol. The van der Waals surface area contributed by atoms with E-state index in [1.807, 2.05) is 20.0 Å². The summed E-state index contributed by atoms with van der Waals surface area (Å²) in [7, 11) is 0. The minimum atomic E-state index is -0.780. The highest BCUT2D eigenvalue weighted by Crippen LogP contribution is 2.75. The second-order valence-electron chi connectivity index (χ2n) is 22.5. The molecule has 9 rings (SSSR count). The number of ether oxygens (including phenoxy) is 2. The molecule has 61 heavy (non-hydrogen) atoms. The monoisotopic (exact) mass is 837 g/mol. The van der Waals surface area contributed by atoms with Gasteiger partial charge in [-0.05, 0) is 128 Å². The molecule has 0 radical (unpaired) electrons. The average Bonchev–Trinajstić information content (AvgIpc) is 3.44. The van der Waals surface area contributed by atoms with Crippen LogP contribution in [0.3, 0.4) is 0 Å². The van der Waals surface area contributed by atoms with Gasteiger partial charge in [0.1, 0.15) is 11.9 Å². The van der Waals surface area contributed by atoms with Crippen molar-refractivity contribution >= 4 is 17.3 Å². The van der Waals surface area contributed by atoms with Crippen molar-refractivity contribution in [2.75, 3.05) is 26.4 Å². The number of benzene rings is 1. The number of carbonyl (C=O) groups excluding carboxylic acids is 2. The molecule has 332 valence electrons. The molecule has 4 heterocycles. The van der Waals surface area contributed by atoms with Crippen LogP contribution in [-0.2, 0) is 25.5 Å². The fraction of sp³-hybridized carbons (Fsp3) is 0.712. The van der Waals surface area contributed by atoms with E-state index in [0.29, 0.717) is 50.4 Å². The molecule has 0 amide bonds. The number of aliphatic hydroxyl groups excluding tert-OH is 3. The molecule has 2 saturated heterocycles. The van der Waals surface area contributed by atoms with Gasteiger partial charge in [-0.15, -0.1) is 0 Å². The van der Waals surface area contributed by atoms with E-state index in [-0.39, 0.29) is 53.3 Å². The highest BCUT2D eigenvalue weighted by atomic mass is 16.6. The van der Waals surface area contributed by atoms with Crippen LogP contribution in [0.4, 0.5) is 0 Å². The molecule has 9 nitrogen and oxygen atoms in total. The number of allylic oxidation sites excluding steroid dienone is 1. The quantitative estimate of drug-likeness (QED) is 0.191. The lowest BCUT2D eigenvalue weighted by atomic mass is 9.34. The Labute approximate surface area is 364 Å². The molecule has 0 spiro atoms. The van der Waals surface area contributed by atoms with E-state index in [0.717, 1.165) is 73.4 Å². The number of hydrogen-bond donors (Lipinski definition) is 3. The Bertz CT molecular complexity index is 2110. The number of epoxide rings is 1. The van der Waals surface area contributed by atoms with Crippen LogP contribution in [0.25, 0.3) is 0 Å². The first-order chi connectivity index (χ1) is 28.8. The largest absolute Gasteiger partial charge is 0.396 e. The van der Waals surface area contributed by atoms with Crippen LogP contribution in [0.2, 0.25) is 0 Å². The van der Waals surface area contributed by atoms with E-state index < -0.39 is 34.4 Å². The lowest BCUT2D eigenvalue weighted by molar-refractivity contribution is -0.219. The van der Waals surface area contributed by atoms with E-state index in [1.165, 1.54) is 16.7 Å². The van der Waals surface area contributed by atoms with Gasteiger partial charge in [0.25, 0.3) is 0 Å². The summed E-state index contributed by atoms with van der Waals surface area (Å²) in [6.45, 7) is 21.6. The topological polar surface area (TPSA) is 132 Å². The van der Waals surface area contributed by atoms with Gasteiger partial charge in [-0.3, -0.25) is 14.6 Å². The van der Waals surface area contributed by atoms with Crippen molar-refractivity contribution in [3.05, 3.63) is 69.6 Å². The standard InChI is InChI=1S/C52H72N2O7/c1-29-22-31(25-33(23-29)32-14-20-60-21-15-32)26-34-36(13-19-55)54(37-12-18-53-44(34)37)28-35-43-42(30(2)24-38(56)47-49(5,6)61-47)39(57)27-52(43,9)51(8)17-10-40-48(3,4)41(58)11-16-50(40,7)46(51)45(35)59/h12,18,22-23,25,30,32,35,37-38,40,45-47,55-56,59H,10-11,13-17,19-21,24,26-28H2,1-9H3. The Hall–Kier alpha value is -2.95. The predicted molar refractivity (Wildman–Crippen MR) is 237 cm³/mol. The van der Waals surface area contributed by atoms with Crippen LogP contribution >= 0.6 is 0 Å². The summed E-state index contributed by atoms with van der Waals surface area (Å²) >= 11 is 0. The molecule has 5 fully saturated rings. The fourth-order valence-electron chi connectivity index (χ4n) is 15.2. The Morgan fingerprint density at radius 3 is 2.41 bits per heavy atom. The molecule has 3 saturated carbocycles. The molecule has 0 bridgehead atoms. The van der Waals surface area contributed by atoms with Gasteiger partial charge in [0, 0.05) is 80.7 Å². The van der Waals surface area contributed by atoms with Crippen molar-refractivity contribution in [3.8, 4) is 0 Å². The third-order valence-electron chi connectivity index (χ3n) is 18.3. The van der Waals surface area contributed by atoms with E-state index in [2.05, 4.69) is 77.6 Å². The number of Topliss-reactive ketones (excluding diaryl/α,β-unsaturated/α-hetero) is 2. The van der Waals surface area contributed by atoms with E-state index in [4.69, 9.17) is 14.5 Å². The number of fused-ring (bicyclic) bond motifs is 6. The van der Waals surface area contributed by atoms with Crippen LogP contribution in [0.1, 0.15) is 136 Å². The molecule has 9 heteroatoms. The van der Waals surface area contributed by atoms with Gasteiger partial charge < -0.3 is 29.7 Å². The number of carbonyl (C=O) groups is 2. The first-order valence-electron chi connectivity index (χ1n) is 23.6. The Morgan fingerprint density at radius 2 is 1.72 bits per heavy atom. The van der Waals surface area contributed by atoms with E-state index in [1.54, 1.807) is 0 Å². The first-order valence-corrected chi connectivity index (χ1v) is 23.6. The van der Waals surface area contributed by atoms with Crippen LogP contribution in [0, 0.1) is 52.3 Å².